The second-order valence-electron chi connectivity index (χ2n) is 4.67. The molecule has 2 aromatic carbocycles. The van der Waals surface area contributed by atoms with Gasteiger partial charge in [0.15, 0.2) is 17.6 Å². The number of rotatable bonds is 6. The average Bonchev–Trinajstić information content (AvgIpc) is 2.52. The van der Waals surface area contributed by atoms with Crippen LogP contribution in [0.4, 0.5) is 5.69 Å². The van der Waals surface area contributed by atoms with Crippen LogP contribution in [0, 0.1) is 0 Å². The van der Waals surface area contributed by atoms with Gasteiger partial charge in [-0.25, -0.2) is 0 Å². The SMILES string of the molecule is CC[C@@H](Oc1ccccc1OC)C(=O)Nc1cccc(Br)c1. The van der Waals surface area contributed by atoms with Crippen LogP contribution in [-0.4, -0.2) is 19.1 Å². The van der Waals surface area contributed by atoms with Gasteiger partial charge < -0.3 is 14.8 Å². The minimum Gasteiger partial charge on any atom is -0.493 e. The molecule has 0 aliphatic carbocycles. The fourth-order valence-corrected chi connectivity index (χ4v) is 2.38. The summed E-state index contributed by atoms with van der Waals surface area (Å²) < 4.78 is 11.9. The van der Waals surface area contributed by atoms with Gasteiger partial charge in [-0.2, -0.15) is 0 Å². The summed E-state index contributed by atoms with van der Waals surface area (Å²) in [6, 6.07) is 14.7. The molecule has 1 amide bonds. The van der Waals surface area contributed by atoms with Gasteiger partial charge in [0.25, 0.3) is 5.91 Å². The van der Waals surface area contributed by atoms with Crippen molar-refractivity contribution in [1.82, 2.24) is 0 Å². The van der Waals surface area contributed by atoms with Crippen LogP contribution in [0.2, 0.25) is 0 Å². The molecule has 0 heterocycles. The van der Waals surface area contributed by atoms with Gasteiger partial charge in [0.05, 0.1) is 7.11 Å². The predicted octanol–water partition coefficient (Wildman–Crippen LogP) is 4.25. The smallest absolute Gasteiger partial charge is 0.265 e. The van der Waals surface area contributed by atoms with Crippen molar-refractivity contribution in [3.8, 4) is 11.5 Å². The molecular weight excluding hydrogens is 346 g/mol. The lowest BCUT2D eigenvalue weighted by atomic mass is 10.2. The molecule has 2 aromatic rings. The first-order valence-corrected chi connectivity index (χ1v) is 7.79. The largest absolute Gasteiger partial charge is 0.493 e. The lowest BCUT2D eigenvalue weighted by molar-refractivity contribution is -0.122. The number of carbonyl (C=O) groups is 1. The summed E-state index contributed by atoms with van der Waals surface area (Å²) in [6.45, 7) is 1.90. The average molecular weight is 364 g/mol. The first-order chi connectivity index (χ1) is 10.6. The van der Waals surface area contributed by atoms with Crippen LogP contribution in [-0.2, 0) is 4.79 Å². The molecule has 5 heteroatoms. The van der Waals surface area contributed by atoms with E-state index in [1.807, 2.05) is 43.3 Å². The number of benzene rings is 2. The Hall–Kier alpha value is -2.01. The molecule has 2 rings (SSSR count). The van der Waals surface area contributed by atoms with E-state index in [4.69, 9.17) is 9.47 Å². The van der Waals surface area contributed by atoms with Gasteiger partial charge in [-0.15, -0.1) is 0 Å². The van der Waals surface area contributed by atoms with E-state index in [1.54, 1.807) is 19.2 Å². The number of halogens is 1. The Balaban J connectivity index is 2.09. The van der Waals surface area contributed by atoms with Crippen LogP contribution >= 0.6 is 15.9 Å². The molecule has 0 saturated carbocycles. The van der Waals surface area contributed by atoms with Gasteiger partial charge in [0, 0.05) is 10.2 Å². The first-order valence-electron chi connectivity index (χ1n) is 7.00. The number of ether oxygens (including phenoxy) is 2. The standard InChI is InChI=1S/C17H18BrNO3/c1-3-14(22-16-10-5-4-9-15(16)21-2)17(20)19-13-8-6-7-12(18)11-13/h4-11,14H,3H2,1-2H3,(H,19,20)/t14-/m1/s1. The Morgan fingerprint density at radius 3 is 2.55 bits per heavy atom. The van der Waals surface area contributed by atoms with Crippen molar-refractivity contribution in [2.45, 2.75) is 19.4 Å². The van der Waals surface area contributed by atoms with Crippen molar-refractivity contribution in [2.24, 2.45) is 0 Å². The van der Waals surface area contributed by atoms with Crippen molar-refractivity contribution in [3.05, 3.63) is 53.0 Å². The predicted molar refractivity (Wildman–Crippen MR) is 90.5 cm³/mol. The minimum atomic E-state index is -0.588. The molecule has 4 nitrogen and oxygen atoms in total. The Morgan fingerprint density at radius 2 is 1.91 bits per heavy atom. The molecule has 0 fully saturated rings. The summed E-state index contributed by atoms with van der Waals surface area (Å²) in [5, 5.41) is 2.86. The Labute approximate surface area is 138 Å². The molecule has 1 N–H and O–H groups in total. The van der Waals surface area contributed by atoms with Crippen molar-refractivity contribution < 1.29 is 14.3 Å². The van der Waals surface area contributed by atoms with Crippen LogP contribution in [0.5, 0.6) is 11.5 Å². The van der Waals surface area contributed by atoms with Crippen LogP contribution in [0.1, 0.15) is 13.3 Å². The number of hydrogen-bond acceptors (Lipinski definition) is 3. The Bertz CT molecular complexity index is 645. The molecule has 116 valence electrons. The maximum atomic E-state index is 12.4. The summed E-state index contributed by atoms with van der Waals surface area (Å²) in [4.78, 5) is 12.4. The molecule has 22 heavy (non-hydrogen) atoms. The van der Waals surface area contributed by atoms with E-state index in [0.717, 1.165) is 10.2 Å². The van der Waals surface area contributed by atoms with Gasteiger partial charge in [0.2, 0.25) is 0 Å². The fourth-order valence-electron chi connectivity index (χ4n) is 1.98. The molecule has 0 spiro atoms. The van der Waals surface area contributed by atoms with Crippen LogP contribution < -0.4 is 14.8 Å². The Kier molecular flexibility index (Phi) is 5.83. The lowest BCUT2D eigenvalue weighted by Gasteiger charge is -2.18. The second-order valence-corrected chi connectivity index (χ2v) is 5.58. The minimum absolute atomic E-state index is 0.188. The third kappa shape index (κ3) is 4.24. The molecule has 0 bridgehead atoms. The summed E-state index contributed by atoms with van der Waals surface area (Å²) in [6.07, 6.45) is -0.0342. The highest BCUT2D eigenvalue weighted by Gasteiger charge is 2.20. The zero-order valence-corrected chi connectivity index (χ0v) is 14.1. The van der Waals surface area contributed by atoms with Gasteiger partial charge in [-0.3, -0.25) is 4.79 Å². The van der Waals surface area contributed by atoms with Crippen LogP contribution in [0.3, 0.4) is 0 Å². The van der Waals surface area contributed by atoms with Gasteiger partial charge >= 0.3 is 0 Å². The Morgan fingerprint density at radius 1 is 1.18 bits per heavy atom. The van der Waals surface area contributed by atoms with Gasteiger partial charge in [-0.1, -0.05) is 41.1 Å². The van der Waals surface area contributed by atoms with E-state index >= 15 is 0 Å². The maximum Gasteiger partial charge on any atom is 0.265 e. The first kappa shape index (κ1) is 16.4. The summed E-state index contributed by atoms with van der Waals surface area (Å²) in [5.74, 6) is 0.976. The normalized spacial score (nSPS) is 11.6. The molecule has 0 radical (unpaired) electrons. The molecule has 0 aliphatic rings. The molecule has 0 saturated heterocycles. The molecule has 1 atom stereocenters. The third-order valence-corrected chi connectivity index (χ3v) is 3.59. The number of carbonyl (C=O) groups excluding carboxylic acids is 1. The van der Waals surface area contributed by atoms with E-state index in [9.17, 15) is 4.79 Å². The summed E-state index contributed by atoms with van der Waals surface area (Å²) in [7, 11) is 1.57. The van der Waals surface area contributed by atoms with Gasteiger partial charge in [-0.05, 0) is 36.8 Å². The zero-order chi connectivity index (χ0) is 15.9. The van der Waals surface area contributed by atoms with Crippen molar-refractivity contribution in [1.29, 1.82) is 0 Å². The maximum absolute atomic E-state index is 12.4. The van der Waals surface area contributed by atoms with Crippen molar-refractivity contribution in [3.63, 3.8) is 0 Å². The van der Waals surface area contributed by atoms with Crippen molar-refractivity contribution >= 4 is 27.5 Å². The molecule has 0 unspecified atom stereocenters. The third-order valence-electron chi connectivity index (χ3n) is 3.09. The molecular formula is C17H18BrNO3. The number of amides is 1. The van der Waals surface area contributed by atoms with Gasteiger partial charge in [0.1, 0.15) is 0 Å². The van der Waals surface area contributed by atoms with E-state index in [2.05, 4.69) is 21.2 Å². The highest BCUT2D eigenvalue weighted by molar-refractivity contribution is 9.10. The topological polar surface area (TPSA) is 47.6 Å². The fraction of sp³-hybridized carbons (Fsp3) is 0.235. The number of anilines is 1. The second kappa shape index (κ2) is 7.84. The highest BCUT2D eigenvalue weighted by Crippen LogP contribution is 2.27. The quantitative estimate of drug-likeness (QED) is 0.834. The summed E-state index contributed by atoms with van der Waals surface area (Å²) in [5.41, 5.74) is 0.724. The number of hydrogen-bond donors (Lipinski definition) is 1. The zero-order valence-electron chi connectivity index (χ0n) is 12.5. The lowest BCUT2D eigenvalue weighted by Crippen LogP contribution is -2.32. The van der Waals surface area contributed by atoms with E-state index in [-0.39, 0.29) is 5.91 Å². The van der Waals surface area contributed by atoms with E-state index < -0.39 is 6.10 Å². The van der Waals surface area contributed by atoms with Crippen LogP contribution in [0.25, 0.3) is 0 Å². The number of para-hydroxylation sites is 2. The summed E-state index contributed by atoms with van der Waals surface area (Å²) >= 11 is 3.38. The molecule has 0 aromatic heterocycles. The number of methoxy groups -OCH3 is 1. The van der Waals surface area contributed by atoms with Crippen LogP contribution in [0.15, 0.2) is 53.0 Å². The highest BCUT2D eigenvalue weighted by atomic mass is 79.9. The monoisotopic (exact) mass is 363 g/mol. The number of nitrogens with one attached hydrogen (secondary N) is 1. The van der Waals surface area contributed by atoms with E-state index in [1.165, 1.54) is 0 Å². The van der Waals surface area contributed by atoms with E-state index in [0.29, 0.717) is 17.9 Å². The van der Waals surface area contributed by atoms with Crippen molar-refractivity contribution in [2.75, 3.05) is 12.4 Å². The molecule has 0 aliphatic heterocycles.